The van der Waals surface area contributed by atoms with E-state index in [1.807, 2.05) is 51.1 Å². The minimum absolute atomic E-state index is 0.0932. The number of cyclic esters (lactones) is 1. The number of carbonyl (C=O) groups is 1. The predicted molar refractivity (Wildman–Crippen MR) is 119 cm³/mol. The van der Waals surface area contributed by atoms with Gasteiger partial charge in [-0.15, -0.1) is 0 Å². The van der Waals surface area contributed by atoms with Gasteiger partial charge in [0, 0.05) is 29.2 Å². The highest BCUT2D eigenvalue weighted by atomic mass is 79.9. The second-order valence-electron chi connectivity index (χ2n) is 8.06. The van der Waals surface area contributed by atoms with Gasteiger partial charge in [-0.3, -0.25) is 4.90 Å². The minimum atomic E-state index is -3.58. The molecule has 0 aromatic heterocycles. The van der Waals surface area contributed by atoms with Crippen LogP contribution in [0.3, 0.4) is 0 Å². The largest absolute Gasteiger partial charge is 0.444 e. The van der Waals surface area contributed by atoms with Crippen molar-refractivity contribution in [3.63, 3.8) is 0 Å². The first kappa shape index (κ1) is 21.3. The maximum atomic E-state index is 13.3. The Bertz CT molecular complexity index is 1090. The number of benzene rings is 2. The third-order valence-electron chi connectivity index (χ3n) is 5.84. The molecule has 8 heteroatoms. The lowest BCUT2D eigenvalue weighted by Gasteiger charge is -2.40. The molecular formula is C22H25BrN2O4S. The molecule has 2 aliphatic heterocycles. The molecule has 0 N–H and O–H groups in total. The fraction of sp³-hybridized carbons (Fsp3) is 0.409. The van der Waals surface area contributed by atoms with Crippen LogP contribution in [0.5, 0.6) is 0 Å². The molecule has 0 atom stereocenters. The van der Waals surface area contributed by atoms with Gasteiger partial charge >= 0.3 is 6.09 Å². The Hall–Kier alpha value is -1.90. The number of fused-ring (bicyclic) bond motifs is 1. The molecule has 0 radical (unpaired) electrons. The molecule has 160 valence electrons. The van der Waals surface area contributed by atoms with E-state index in [4.69, 9.17) is 4.74 Å². The van der Waals surface area contributed by atoms with Gasteiger partial charge in [0.05, 0.1) is 10.6 Å². The van der Waals surface area contributed by atoms with Gasteiger partial charge in [-0.25, -0.2) is 13.2 Å². The summed E-state index contributed by atoms with van der Waals surface area (Å²) in [7, 11) is -3.58. The molecule has 0 bridgehead atoms. The van der Waals surface area contributed by atoms with Crippen molar-refractivity contribution < 1.29 is 17.9 Å². The van der Waals surface area contributed by atoms with Crippen molar-refractivity contribution in [2.45, 2.75) is 51.2 Å². The van der Waals surface area contributed by atoms with Crippen LogP contribution in [0.4, 0.5) is 10.5 Å². The number of aryl methyl sites for hydroxylation is 3. The third kappa shape index (κ3) is 3.76. The molecule has 2 heterocycles. The molecule has 1 amide bonds. The van der Waals surface area contributed by atoms with E-state index in [1.165, 1.54) is 0 Å². The number of nitrogens with zero attached hydrogens (tertiary/aromatic N) is 2. The quantitative estimate of drug-likeness (QED) is 0.623. The number of amides is 1. The van der Waals surface area contributed by atoms with Crippen molar-refractivity contribution in [1.82, 2.24) is 4.31 Å². The van der Waals surface area contributed by atoms with Crippen molar-refractivity contribution in [2.75, 3.05) is 18.0 Å². The van der Waals surface area contributed by atoms with Crippen LogP contribution >= 0.6 is 15.9 Å². The van der Waals surface area contributed by atoms with E-state index in [-0.39, 0.29) is 18.7 Å². The van der Waals surface area contributed by atoms with Crippen molar-refractivity contribution >= 4 is 37.7 Å². The lowest BCUT2D eigenvalue weighted by atomic mass is 10.0. The van der Waals surface area contributed by atoms with Crippen LogP contribution in [0.2, 0.25) is 0 Å². The molecule has 2 aromatic carbocycles. The van der Waals surface area contributed by atoms with Crippen LogP contribution < -0.4 is 4.90 Å². The van der Waals surface area contributed by atoms with Gasteiger partial charge in [0.15, 0.2) is 0 Å². The summed E-state index contributed by atoms with van der Waals surface area (Å²) in [5.74, 6) is 0. The molecule has 0 aliphatic carbocycles. The van der Waals surface area contributed by atoms with E-state index < -0.39 is 10.0 Å². The second-order valence-corrected chi connectivity index (χ2v) is 10.9. The van der Waals surface area contributed by atoms with Gasteiger partial charge in [0.1, 0.15) is 6.61 Å². The molecule has 1 saturated heterocycles. The topological polar surface area (TPSA) is 66.9 Å². The summed E-state index contributed by atoms with van der Waals surface area (Å²) in [5.41, 5.74) is 4.39. The van der Waals surface area contributed by atoms with Crippen LogP contribution in [0, 0.1) is 20.8 Å². The fourth-order valence-electron chi connectivity index (χ4n) is 4.60. The molecular weight excluding hydrogens is 468 g/mol. The molecule has 4 rings (SSSR count). The number of anilines is 1. The molecule has 0 spiro atoms. The highest BCUT2D eigenvalue weighted by molar-refractivity contribution is 9.10. The van der Waals surface area contributed by atoms with E-state index in [0.717, 1.165) is 32.4 Å². The van der Waals surface area contributed by atoms with E-state index in [0.29, 0.717) is 30.8 Å². The van der Waals surface area contributed by atoms with Gasteiger partial charge in [-0.05, 0) is 62.9 Å². The van der Waals surface area contributed by atoms with Crippen LogP contribution in [-0.2, 0) is 21.4 Å². The fourth-order valence-corrected chi connectivity index (χ4v) is 6.89. The van der Waals surface area contributed by atoms with Gasteiger partial charge in [-0.1, -0.05) is 33.6 Å². The van der Waals surface area contributed by atoms with Crippen molar-refractivity contribution in [3.05, 3.63) is 57.1 Å². The van der Waals surface area contributed by atoms with Gasteiger partial charge in [0.25, 0.3) is 0 Å². The number of piperidine rings is 1. The standard InChI is InChI=1S/C22H25BrN2O4S/c1-14-10-15(2)21(16(3)11-14)30(27,28)24-8-6-19(7-9-24)25-20-5-4-18(23)12-17(20)13-29-22(25)26/h4-5,10-12,19H,6-9,13H2,1-3H3. The zero-order valence-electron chi connectivity index (χ0n) is 17.3. The highest BCUT2D eigenvalue weighted by Gasteiger charge is 2.37. The third-order valence-corrected chi connectivity index (χ3v) is 8.54. The summed E-state index contributed by atoms with van der Waals surface area (Å²) in [6.45, 7) is 6.65. The summed E-state index contributed by atoms with van der Waals surface area (Å²) >= 11 is 3.46. The van der Waals surface area contributed by atoms with Crippen molar-refractivity contribution in [3.8, 4) is 0 Å². The molecule has 6 nitrogen and oxygen atoms in total. The van der Waals surface area contributed by atoms with E-state index in [9.17, 15) is 13.2 Å². The molecule has 0 saturated carbocycles. The minimum Gasteiger partial charge on any atom is -0.444 e. The smallest absolute Gasteiger partial charge is 0.414 e. The van der Waals surface area contributed by atoms with E-state index in [2.05, 4.69) is 15.9 Å². The zero-order chi connectivity index (χ0) is 21.6. The lowest BCUT2D eigenvalue weighted by molar-refractivity contribution is 0.135. The number of halogens is 1. The monoisotopic (exact) mass is 492 g/mol. The number of rotatable bonds is 3. The number of hydrogen-bond donors (Lipinski definition) is 0. The Balaban J connectivity index is 1.56. The summed E-state index contributed by atoms with van der Waals surface area (Å²) in [5, 5.41) is 0. The van der Waals surface area contributed by atoms with Crippen LogP contribution in [0.15, 0.2) is 39.7 Å². The maximum absolute atomic E-state index is 13.3. The summed E-state index contributed by atoms with van der Waals surface area (Å²) in [6.07, 6.45) is 0.762. The molecule has 2 aliphatic rings. The Kier molecular flexibility index (Phi) is 5.67. The van der Waals surface area contributed by atoms with Crippen LogP contribution in [-0.4, -0.2) is 37.9 Å². The number of carbonyl (C=O) groups excluding carboxylic acids is 1. The Morgan fingerprint density at radius 1 is 1.03 bits per heavy atom. The average Bonchev–Trinajstić information content (AvgIpc) is 2.67. The molecule has 30 heavy (non-hydrogen) atoms. The summed E-state index contributed by atoms with van der Waals surface area (Å²) in [6, 6.07) is 9.51. The van der Waals surface area contributed by atoms with Gasteiger partial charge in [-0.2, -0.15) is 4.31 Å². The average molecular weight is 493 g/mol. The number of sulfonamides is 1. The van der Waals surface area contributed by atoms with Crippen LogP contribution in [0.1, 0.15) is 35.1 Å². The number of ether oxygens (including phenoxy) is 1. The SMILES string of the molecule is Cc1cc(C)c(S(=O)(=O)N2CCC(N3C(=O)OCc4cc(Br)ccc43)CC2)c(C)c1. The Morgan fingerprint density at radius 3 is 2.30 bits per heavy atom. The predicted octanol–water partition coefficient (Wildman–Crippen LogP) is 4.68. The highest BCUT2D eigenvalue weighted by Crippen LogP contribution is 2.35. The normalized spacial score (nSPS) is 18.3. The first-order valence-corrected chi connectivity index (χ1v) is 12.2. The summed E-state index contributed by atoms with van der Waals surface area (Å²) in [4.78, 5) is 14.6. The first-order valence-electron chi connectivity index (χ1n) is 10.0. The second kappa shape index (κ2) is 7.98. The molecule has 1 fully saturated rings. The molecule has 2 aromatic rings. The van der Waals surface area contributed by atoms with Crippen LogP contribution in [0.25, 0.3) is 0 Å². The van der Waals surface area contributed by atoms with Gasteiger partial charge < -0.3 is 4.74 Å². The zero-order valence-corrected chi connectivity index (χ0v) is 19.7. The van der Waals surface area contributed by atoms with Crippen molar-refractivity contribution in [2.24, 2.45) is 0 Å². The van der Waals surface area contributed by atoms with E-state index >= 15 is 0 Å². The Morgan fingerprint density at radius 2 is 1.67 bits per heavy atom. The Labute approximate surface area is 186 Å². The first-order chi connectivity index (χ1) is 14.2. The van der Waals surface area contributed by atoms with Crippen molar-refractivity contribution in [1.29, 1.82) is 0 Å². The van der Waals surface area contributed by atoms with Gasteiger partial charge in [0.2, 0.25) is 10.0 Å². The maximum Gasteiger partial charge on any atom is 0.414 e. The molecule has 0 unspecified atom stereocenters. The number of hydrogen-bond acceptors (Lipinski definition) is 4. The lowest BCUT2D eigenvalue weighted by Crippen LogP contribution is -2.50. The van der Waals surface area contributed by atoms with E-state index in [1.54, 1.807) is 9.21 Å². The summed E-state index contributed by atoms with van der Waals surface area (Å²) < 4.78 is 34.5.